The fraction of sp³-hybridized carbons (Fsp3) is 0.692. The van der Waals surface area contributed by atoms with E-state index in [-0.39, 0.29) is 24.8 Å². The molecule has 3 nitrogen and oxygen atoms in total. The molecule has 1 fully saturated rings. The van der Waals surface area contributed by atoms with Gasteiger partial charge in [0.2, 0.25) is 0 Å². The van der Waals surface area contributed by atoms with Crippen molar-refractivity contribution in [3.8, 4) is 0 Å². The molecule has 0 aromatic carbocycles. The normalized spacial score (nSPS) is 16.0. The van der Waals surface area contributed by atoms with E-state index < -0.39 is 0 Å². The molecule has 1 N–H and O–H groups in total. The van der Waals surface area contributed by atoms with Crippen LogP contribution in [0.3, 0.4) is 0 Å². The molecule has 0 bridgehead atoms. The zero-order chi connectivity index (χ0) is 11.5. The van der Waals surface area contributed by atoms with E-state index >= 15 is 0 Å². The minimum atomic E-state index is 0. The molecule has 5 heteroatoms. The molecule has 1 aliphatic heterocycles. The first kappa shape index (κ1) is 17.6. The van der Waals surface area contributed by atoms with Crippen LogP contribution in [0.5, 0.6) is 0 Å². The Balaban J connectivity index is 0.00000144. The number of rotatable bonds is 2. The van der Waals surface area contributed by atoms with Gasteiger partial charge in [-0.15, -0.1) is 24.8 Å². The van der Waals surface area contributed by atoms with Gasteiger partial charge >= 0.3 is 0 Å². The second kappa shape index (κ2) is 7.93. The minimum absolute atomic E-state index is 0. The van der Waals surface area contributed by atoms with E-state index in [1.54, 1.807) is 0 Å². The average Bonchev–Trinajstić information content (AvgIpc) is 2.29. The van der Waals surface area contributed by atoms with Crippen molar-refractivity contribution >= 4 is 24.8 Å². The number of nitrogens with one attached hydrogen (secondary N) is 1. The van der Waals surface area contributed by atoms with E-state index in [1.807, 2.05) is 0 Å². The molecule has 0 saturated carbocycles. The summed E-state index contributed by atoms with van der Waals surface area (Å²) in [5.74, 6) is 2.10. The number of aromatic nitrogens is 2. The highest BCUT2D eigenvalue weighted by molar-refractivity contribution is 5.85. The first-order valence-corrected chi connectivity index (χ1v) is 6.23. The summed E-state index contributed by atoms with van der Waals surface area (Å²) in [6.07, 6.45) is 2.34. The molecule has 1 aromatic heterocycles. The monoisotopic (exact) mass is 291 g/mol. The van der Waals surface area contributed by atoms with Gasteiger partial charge < -0.3 is 5.32 Å². The van der Waals surface area contributed by atoms with Crippen LogP contribution in [-0.4, -0.2) is 23.1 Å². The maximum atomic E-state index is 4.72. The van der Waals surface area contributed by atoms with Crippen LogP contribution in [0.25, 0.3) is 0 Å². The predicted octanol–water partition coefficient (Wildman–Crippen LogP) is 3.22. The Morgan fingerprint density at radius 3 is 2.33 bits per heavy atom. The summed E-state index contributed by atoms with van der Waals surface area (Å²) in [4.78, 5) is 9.32. The third-order valence-corrected chi connectivity index (χ3v) is 3.19. The molecule has 0 radical (unpaired) electrons. The Kier molecular flexibility index (Phi) is 7.76. The van der Waals surface area contributed by atoms with Crippen LogP contribution < -0.4 is 5.32 Å². The molecule has 1 aliphatic rings. The van der Waals surface area contributed by atoms with Gasteiger partial charge in [0.1, 0.15) is 5.82 Å². The molecule has 2 rings (SSSR count). The number of hydrogen-bond donors (Lipinski definition) is 1. The van der Waals surface area contributed by atoms with E-state index in [0.717, 1.165) is 24.6 Å². The maximum absolute atomic E-state index is 4.72. The van der Waals surface area contributed by atoms with Crippen molar-refractivity contribution < 1.29 is 0 Å². The predicted molar refractivity (Wildman–Crippen MR) is 80.2 cm³/mol. The van der Waals surface area contributed by atoms with Crippen molar-refractivity contribution in [1.29, 1.82) is 0 Å². The number of nitrogens with zero attached hydrogens (tertiary/aromatic N) is 2. The summed E-state index contributed by atoms with van der Waals surface area (Å²) in [6.45, 7) is 8.64. The number of hydrogen-bond acceptors (Lipinski definition) is 3. The lowest BCUT2D eigenvalue weighted by atomic mass is 9.96. The Morgan fingerprint density at radius 1 is 1.17 bits per heavy atom. The summed E-state index contributed by atoms with van der Waals surface area (Å²) in [5, 5.41) is 3.38. The lowest BCUT2D eigenvalue weighted by molar-refractivity contribution is 0.442. The second-order valence-electron chi connectivity index (χ2n) is 4.97. The zero-order valence-electron chi connectivity index (χ0n) is 11.3. The minimum Gasteiger partial charge on any atom is -0.317 e. The molecular weight excluding hydrogens is 269 g/mol. The lowest BCUT2D eigenvalue weighted by Gasteiger charge is -2.22. The fourth-order valence-electron chi connectivity index (χ4n) is 2.17. The van der Waals surface area contributed by atoms with Crippen LogP contribution in [-0.2, 0) is 0 Å². The highest BCUT2D eigenvalue weighted by Gasteiger charge is 2.19. The molecule has 1 aromatic rings. The van der Waals surface area contributed by atoms with Crippen LogP contribution in [0.2, 0.25) is 0 Å². The number of halogens is 2. The topological polar surface area (TPSA) is 37.8 Å². The fourth-order valence-corrected chi connectivity index (χ4v) is 2.17. The standard InChI is InChI=1S/C13H21N3.2ClH/c1-9(2)12-8-10(3)15-13(16-12)11-4-6-14-7-5-11;;/h8-9,11,14H,4-7H2,1-3H3;2*1H. The molecule has 18 heavy (non-hydrogen) atoms. The molecule has 0 spiro atoms. The second-order valence-corrected chi connectivity index (χ2v) is 4.97. The highest BCUT2D eigenvalue weighted by Crippen LogP contribution is 2.24. The average molecular weight is 292 g/mol. The SMILES string of the molecule is Cc1cc(C(C)C)nc(C2CCNCC2)n1.Cl.Cl. The molecule has 2 heterocycles. The van der Waals surface area contributed by atoms with Crippen LogP contribution >= 0.6 is 24.8 Å². The third kappa shape index (κ3) is 4.38. The van der Waals surface area contributed by atoms with Crippen molar-refractivity contribution in [3.63, 3.8) is 0 Å². The molecule has 0 unspecified atom stereocenters. The molecule has 1 saturated heterocycles. The van der Waals surface area contributed by atoms with Crippen LogP contribution in [0, 0.1) is 6.92 Å². The van der Waals surface area contributed by atoms with Gasteiger partial charge in [-0.1, -0.05) is 13.8 Å². The van der Waals surface area contributed by atoms with E-state index in [4.69, 9.17) is 4.98 Å². The van der Waals surface area contributed by atoms with Gasteiger partial charge in [0.25, 0.3) is 0 Å². The molecular formula is C13H23Cl2N3. The maximum Gasteiger partial charge on any atom is 0.132 e. The Labute approximate surface area is 122 Å². The van der Waals surface area contributed by atoms with Gasteiger partial charge in [-0.25, -0.2) is 9.97 Å². The number of piperidine rings is 1. The van der Waals surface area contributed by atoms with Gasteiger partial charge in [-0.05, 0) is 44.8 Å². The lowest BCUT2D eigenvalue weighted by Crippen LogP contribution is -2.27. The van der Waals surface area contributed by atoms with Crippen LogP contribution in [0.4, 0.5) is 0 Å². The van der Waals surface area contributed by atoms with E-state index in [9.17, 15) is 0 Å². The van der Waals surface area contributed by atoms with Crippen molar-refractivity contribution in [2.75, 3.05) is 13.1 Å². The summed E-state index contributed by atoms with van der Waals surface area (Å²) in [7, 11) is 0. The molecule has 0 atom stereocenters. The number of aryl methyl sites for hydroxylation is 1. The quantitative estimate of drug-likeness (QED) is 0.909. The highest BCUT2D eigenvalue weighted by atomic mass is 35.5. The summed E-state index contributed by atoms with van der Waals surface area (Å²) >= 11 is 0. The molecule has 0 amide bonds. The van der Waals surface area contributed by atoms with Crippen molar-refractivity contribution in [2.24, 2.45) is 0 Å². The summed E-state index contributed by atoms with van der Waals surface area (Å²) in [5.41, 5.74) is 2.29. The van der Waals surface area contributed by atoms with Crippen molar-refractivity contribution in [1.82, 2.24) is 15.3 Å². The molecule has 104 valence electrons. The van der Waals surface area contributed by atoms with E-state index in [2.05, 4.69) is 37.1 Å². The third-order valence-electron chi connectivity index (χ3n) is 3.19. The van der Waals surface area contributed by atoms with Crippen LogP contribution in [0.15, 0.2) is 6.07 Å². The van der Waals surface area contributed by atoms with Crippen molar-refractivity contribution in [3.05, 3.63) is 23.3 Å². The smallest absolute Gasteiger partial charge is 0.132 e. The van der Waals surface area contributed by atoms with E-state index in [0.29, 0.717) is 11.8 Å². The van der Waals surface area contributed by atoms with Gasteiger partial charge in [-0.3, -0.25) is 0 Å². The Hall–Kier alpha value is -0.380. The zero-order valence-corrected chi connectivity index (χ0v) is 12.9. The Morgan fingerprint density at radius 2 is 1.78 bits per heavy atom. The van der Waals surface area contributed by atoms with Gasteiger partial charge in [0.05, 0.1) is 0 Å². The van der Waals surface area contributed by atoms with Gasteiger partial charge in [-0.2, -0.15) is 0 Å². The molecule has 0 aliphatic carbocycles. The summed E-state index contributed by atoms with van der Waals surface area (Å²) in [6, 6.07) is 2.11. The largest absolute Gasteiger partial charge is 0.317 e. The van der Waals surface area contributed by atoms with Crippen molar-refractivity contribution in [2.45, 2.75) is 45.4 Å². The summed E-state index contributed by atoms with van der Waals surface area (Å²) < 4.78 is 0. The van der Waals surface area contributed by atoms with E-state index in [1.165, 1.54) is 18.5 Å². The van der Waals surface area contributed by atoms with Gasteiger partial charge in [0.15, 0.2) is 0 Å². The van der Waals surface area contributed by atoms with Crippen LogP contribution in [0.1, 0.15) is 55.7 Å². The first-order chi connectivity index (χ1) is 7.66. The van der Waals surface area contributed by atoms with Gasteiger partial charge in [0, 0.05) is 17.3 Å². The Bertz CT molecular complexity index is 363. The first-order valence-electron chi connectivity index (χ1n) is 6.23.